The van der Waals surface area contributed by atoms with Gasteiger partial charge in [-0.05, 0) is 152 Å². The molecule has 4 heteroatoms. The summed E-state index contributed by atoms with van der Waals surface area (Å²) in [7, 11) is 0. The Kier molecular flexibility index (Phi) is 9.12. The van der Waals surface area contributed by atoms with Crippen LogP contribution in [0.4, 0.5) is 22.7 Å². The first-order valence-corrected chi connectivity index (χ1v) is 21.7. The van der Waals surface area contributed by atoms with E-state index in [0.717, 1.165) is 38.9 Å². The first-order chi connectivity index (χ1) is 31.7. The molecule has 0 aliphatic carbocycles. The van der Waals surface area contributed by atoms with Crippen LogP contribution in [-0.2, 0) is 0 Å². The number of hydrogen-bond donors (Lipinski definition) is 1. The Hall–Kier alpha value is -8.60. The van der Waals surface area contributed by atoms with E-state index in [1.165, 1.54) is 81.9 Å². The van der Waals surface area contributed by atoms with Crippen molar-refractivity contribution in [3.8, 4) is 33.4 Å². The van der Waals surface area contributed by atoms with Crippen LogP contribution < -0.4 is 5.11 Å². The van der Waals surface area contributed by atoms with Gasteiger partial charge < -0.3 is 0 Å². The fourth-order valence-corrected chi connectivity index (χ4v) is 9.58. The Labute approximate surface area is 370 Å². The van der Waals surface area contributed by atoms with Gasteiger partial charge in [-0.25, -0.2) is 0 Å². The highest BCUT2D eigenvalue weighted by molar-refractivity contribution is 6.30. The summed E-state index contributed by atoms with van der Waals surface area (Å²) in [5, 5.41) is 31.3. The molecule has 0 saturated carbocycles. The van der Waals surface area contributed by atoms with E-state index in [0.29, 0.717) is 0 Å². The molecule has 0 aliphatic rings. The van der Waals surface area contributed by atoms with Gasteiger partial charge in [-0.2, -0.15) is 10.2 Å². The summed E-state index contributed by atoms with van der Waals surface area (Å²) in [6.45, 7) is 0. The van der Waals surface area contributed by atoms with Crippen molar-refractivity contribution in [1.82, 2.24) is 0 Å². The molecule has 0 fully saturated rings. The molecule has 0 heterocycles. The maximum Gasteiger partial charge on any atom is 0.229 e. The molecular formula is C60H39N4+. The number of para-hydroxylation sites is 1. The normalized spacial score (nSPS) is 11.9. The molecule has 0 atom stereocenters. The van der Waals surface area contributed by atoms with Gasteiger partial charge in [0.15, 0.2) is 0 Å². The number of benzene rings is 12. The molecule has 0 radical (unpaired) electrons. The number of nitrogens with one attached hydrogen (secondary N) is 1. The lowest BCUT2D eigenvalue weighted by Crippen LogP contribution is -2.57. The molecule has 12 aromatic rings. The summed E-state index contributed by atoms with van der Waals surface area (Å²) < 4.78 is 0. The summed E-state index contributed by atoms with van der Waals surface area (Å²) in [5.41, 5.74) is 10.8. The van der Waals surface area contributed by atoms with E-state index < -0.39 is 0 Å². The first kappa shape index (κ1) is 37.2. The average Bonchev–Trinajstić information content (AvgIpc) is 3.36. The SMILES string of the molecule is c1ccc(N=Nc2ccc3cc(-c4c5ccccc5c(-c5c6ccccc6c(-c6ccc7cc(N=[NH+]c8ccccc8)ccc7c6)c6ccccc56)c5ccccc45)ccc3c2)cc1. The average molecular weight is 816 g/mol. The minimum atomic E-state index is 0.827. The second kappa shape index (κ2) is 15.7. The third-order valence-corrected chi connectivity index (χ3v) is 12.5. The third-order valence-electron chi connectivity index (χ3n) is 12.5. The molecule has 12 rings (SSSR count). The van der Waals surface area contributed by atoms with Crippen molar-refractivity contribution in [2.45, 2.75) is 0 Å². The van der Waals surface area contributed by atoms with Crippen molar-refractivity contribution in [2.75, 3.05) is 0 Å². The molecule has 12 aromatic carbocycles. The molecular weight excluding hydrogens is 777 g/mol. The number of hydrogen-bond acceptors (Lipinski definition) is 3. The Morgan fingerprint density at radius 3 is 1.06 bits per heavy atom. The number of rotatable bonds is 7. The lowest BCUT2D eigenvalue weighted by atomic mass is 9.81. The Bertz CT molecular complexity index is 3470. The smallest absolute Gasteiger partial charge is 0.151 e. The van der Waals surface area contributed by atoms with E-state index in [2.05, 4.69) is 184 Å². The number of fused-ring (bicyclic) bond motifs is 6. The van der Waals surface area contributed by atoms with Gasteiger partial charge in [-0.1, -0.05) is 175 Å². The van der Waals surface area contributed by atoms with Crippen LogP contribution in [-0.4, -0.2) is 0 Å². The van der Waals surface area contributed by atoms with Crippen LogP contribution in [0.5, 0.6) is 0 Å². The van der Waals surface area contributed by atoms with E-state index >= 15 is 0 Å². The van der Waals surface area contributed by atoms with E-state index in [9.17, 15) is 0 Å². The molecule has 0 bridgehead atoms. The zero-order chi connectivity index (χ0) is 42.4. The Morgan fingerprint density at radius 1 is 0.250 bits per heavy atom. The van der Waals surface area contributed by atoms with Crippen molar-refractivity contribution >= 4 is 87.4 Å². The molecule has 0 amide bonds. The minimum Gasteiger partial charge on any atom is -0.151 e. The predicted molar refractivity (Wildman–Crippen MR) is 268 cm³/mol. The quantitative estimate of drug-likeness (QED) is 0.123. The van der Waals surface area contributed by atoms with Crippen LogP contribution in [0.1, 0.15) is 0 Å². The summed E-state index contributed by atoms with van der Waals surface area (Å²) in [5.74, 6) is 0. The molecule has 1 N–H and O–H groups in total. The monoisotopic (exact) mass is 815 g/mol. The molecule has 4 nitrogen and oxygen atoms in total. The Morgan fingerprint density at radius 2 is 0.594 bits per heavy atom. The van der Waals surface area contributed by atoms with Gasteiger partial charge >= 0.3 is 0 Å². The third kappa shape index (κ3) is 6.57. The maximum absolute atomic E-state index is 4.67. The fourth-order valence-electron chi connectivity index (χ4n) is 9.58. The van der Waals surface area contributed by atoms with Gasteiger partial charge in [0.05, 0.1) is 11.4 Å². The highest BCUT2D eigenvalue weighted by Crippen LogP contribution is 2.50. The highest BCUT2D eigenvalue weighted by atomic mass is 15.1. The van der Waals surface area contributed by atoms with Crippen molar-refractivity contribution in [3.63, 3.8) is 0 Å². The van der Waals surface area contributed by atoms with Crippen molar-refractivity contribution in [1.29, 1.82) is 0 Å². The molecule has 0 spiro atoms. The summed E-state index contributed by atoms with van der Waals surface area (Å²) >= 11 is 0. The van der Waals surface area contributed by atoms with Crippen LogP contribution >= 0.6 is 0 Å². The maximum atomic E-state index is 4.67. The van der Waals surface area contributed by atoms with Gasteiger partial charge in [0, 0.05) is 12.1 Å². The number of azo groups is 2. The van der Waals surface area contributed by atoms with Crippen LogP contribution in [0.3, 0.4) is 0 Å². The largest absolute Gasteiger partial charge is 0.229 e. The van der Waals surface area contributed by atoms with Crippen LogP contribution in [0.2, 0.25) is 0 Å². The molecule has 298 valence electrons. The zero-order valence-corrected chi connectivity index (χ0v) is 34.8. The molecule has 0 unspecified atom stereocenters. The van der Waals surface area contributed by atoms with Crippen LogP contribution in [0, 0.1) is 0 Å². The fraction of sp³-hybridized carbons (Fsp3) is 0. The van der Waals surface area contributed by atoms with Crippen molar-refractivity contribution in [3.05, 3.63) is 231 Å². The lowest BCUT2D eigenvalue weighted by molar-refractivity contribution is -0.433. The first-order valence-electron chi connectivity index (χ1n) is 21.7. The van der Waals surface area contributed by atoms with Crippen molar-refractivity contribution in [2.24, 2.45) is 15.3 Å². The van der Waals surface area contributed by atoms with E-state index in [4.69, 9.17) is 0 Å². The van der Waals surface area contributed by atoms with Crippen molar-refractivity contribution < 1.29 is 5.11 Å². The van der Waals surface area contributed by atoms with Crippen LogP contribution in [0.25, 0.3) is 98.0 Å². The Balaban J connectivity index is 1.02. The topological polar surface area (TPSA) is 51.0 Å². The van der Waals surface area contributed by atoms with Gasteiger partial charge in [0.1, 0.15) is 5.69 Å². The van der Waals surface area contributed by atoms with Gasteiger partial charge in [-0.3, -0.25) is 0 Å². The minimum absolute atomic E-state index is 0.827. The van der Waals surface area contributed by atoms with E-state index in [1.807, 2.05) is 66.7 Å². The number of nitrogens with zero attached hydrogens (tertiary/aromatic N) is 3. The summed E-state index contributed by atoms with van der Waals surface area (Å²) in [6.07, 6.45) is 0. The predicted octanol–water partition coefficient (Wildman–Crippen LogP) is 16.5. The molecule has 0 saturated heterocycles. The highest BCUT2D eigenvalue weighted by Gasteiger charge is 2.22. The lowest BCUT2D eigenvalue weighted by Gasteiger charge is -2.22. The molecule has 0 aromatic heterocycles. The zero-order valence-electron chi connectivity index (χ0n) is 34.8. The van der Waals surface area contributed by atoms with E-state index in [1.54, 1.807) is 0 Å². The second-order valence-corrected chi connectivity index (χ2v) is 16.3. The second-order valence-electron chi connectivity index (χ2n) is 16.3. The summed E-state index contributed by atoms with van der Waals surface area (Å²) in [4.78, 5) is 0. The van der Waals surface area contributed by atoms with Gasteiger partial charge in [0.25, 0.3) is 0 Å². The van der Waals surface area contributed by atoms with Gasteiger partial charge in [-0.15, -0.1) is 0 Å². The van der Waals surface area contributed by atoms with Gasteiger partial charge in [0.2, 0.25) is 5.69 Å². The molecule has 64 heavy (non-hydrogen) atoms. The molecule has 0 aliphatic heterocycles. The van der Waals surface area contributed by atoms with E-state index in [-0.39, 0.29) is 0 Å². The summed E-state index contributed by atoms with van der Waals surface area (Å²) in [6, 6.07) is 82.1. The van der Waals surface area contributed by atoms with Crippen LogP contribution in [0.15, 0.2) is 246 Å². The standard InChI is InChI=1S/C60H38N4/c1-3-15-45(16-4-1)61-63-47-33-31-39-35-43(29-27-41(39)37-47)57-49-19-7-11-23-53(49)59(54-24-12-8-20-50(54)57)60-55-25-13-9-21-51(55)58(52-22-10-14-26-56(52)60)44-30-28-42-38-48(34-32-40(42)36-44)64-62-46-17-5-2-6-18-46/h1-38H/p+1.